The van der Waals surface area contributed by atoms with E-state index < -0.39 is 10.0 Å². The van der Waals surface area contributed by atoms with Gasteiger partial charge >= 0.3 is 0 Å². The molecule has 0 heterocycles. The van der Waals surface area contributed by atoms with Crippen LogP contribution in [0.15, 0.2) is 0 Å². The molecular formula is C11H25NO2S. The van der Waals surface area contributed by atoms with E-state index in [2.05, 4.69) is 6.92 Å². The molecule has 0 bridgehead atoms. The van der Waals surface area contributed by atoms with Crippen molar-refractivity contribution in [2.75, 3.05) is 18.8 Å². The molecule has 0 spiro atoms. The molecule has 4 heteroatoms. The lowest BCUT2D eigenvalue weighted by Crippen LogP contribution is -2.32. The first-order chi connectivity index (χ1) is 7.08. The Morgan fingerprint density at radius 2 is 1.40 bits per heavy atom. The summed E-state index contributed by atoms with van der Waals surface area (Å²) in [6.45, 7) is 7.12. The highest BCUT2D eigenvalue weighted by atomic mass is 32.2. The molecule has 0 saturated carbocycles. The third kappa shape index (κ3) is 6.15. The van der Waals surface area contributed by atoms with Gasteiger partial charge in [-0.1, -0.05) is 46.5 Å². The molecule has 15 heavy (non-hydrogen) atoms. The Kier molecular flexibility index (Phi) is 8.06. The van der Waals surface area contributed by atoms with E-state index in [1.165, 1.54) is 12.8 Å². The average Bonchev–Trinajstić information content (AvgIpc) is 2.18. The van der Waals surface area contributed by atoms with Crippen molar-refractivity contribution in [1.29, 1.82) is 0 Å². The molecule has 0 aromatic heterocycles. The van der Waals surface area contributed by atoms with Gasteiger partial charge in [0.15, 0.2) is 0 Å². The Balaban J connectivity index is 3.83. The predicted octanol–water partition coefficient (Wildman–Crippen LogP) is 2.63. The standard InChI is InChI=1S/C11H25NO2S/c1-4-7-8-9-10-11-15(13,14)12(5-2)6-3/h4-11H2,1-3H3. The van der Waals surface area contributed by atoms with Crippen LogP contribution >= 0.6 is 0 Å². The van der Waals surface area contributed by atoms with E-state index in [1.54, 1.807) is 4.31 Å². The number of rotatable bonds is 9. The summed E-state index contributed by atoms with van der Waals surface area (Å²) in [7, 11) is -2.98. The topological polar surface area (TPSA) is 37.4 Å². The van der Waals surface area contributed by atoms with Gasteiger partial charge in [0.25, 0.3) is 0 Å². The van der Waals surface area contributed by atoms with Crippen molar-refractivity contribution in [3.63, 3.8) is 0 Å². The van der Waals surface area contributed by atoms with Crippen molar-refractivity contribution in [2.45, 2.75) is 52.9 Å². The molecule has 0 radical (unpaired) electrons. The molecule has 92 valence electrons. The van der Waals surface area contributed by atoms with Crippen LogP contribution < -0.4 is 0 Å². The molecule has 0 unspecified atom stereocenters. The quantitative estimate of drug-likeness (QED) is 0.576. The third-order valence-corrected chi connectivity index (χ3v) is 4.71. The van der Waals surface area contributed by atoms with E-state index in [9.17, 15) is 8.42 Å². The zero-order valence-corrected chi connectivity index (χ0v) is 11.1. The molecular weight excluding hydrogens is 210 g/mol. The van der Waals surface area contributed by atoms with Crippen molar-refractivity contribution in [1.82, 2.24) is 4.31 Å². The van der Waals surface area contributed by atoms with Gasteiger partial charge in [0.05, 0.1) is 5.75 Å². The van der Waals surface area contributed by atoms with Gasteiger partial charge in [-0.05, 0) is 6.42 Å². The molecule has 0 fully saturated rings. The van der Waals surface area contributed by atoms with Crippen LogP contribution in [0, 0.1) is 0 Å². The lowest BCUT2D eigenvalue weighted by atomic mass is 10.2. The number of hydrogen-bond donors (Lipinski definition) is 0. The van der Waals surface area contributed by atoms with Gasteiger partial charge in [0.1, 0.15) is 0 Å². The Hall–Kier alpha value is -0.0900. The van der Waals surface area contributed by atoms with Crippen LogP contribution in [-0.2, 0) is 10.0 Å². The fraction of sp³-hybridized carbons (Fsp3) is 1.00. The number of sulfonamides is 1. The lowest BCUT2D eigenvalue weighted by molar-refractivity contribution is 0.443. The second-order valence-electron chi connectivity index (χ2n) is 3.81. The minimum atomic E-state index is -2.98. The van der Waals surface area contributed by atoms with Gasteiger partial charge in [-0.15, -0.1) is 0 Å². The molecule has 3 nitrogen and oxygen atoms in total. The monoisotopic (exact) mass is 235 g/mol. The molecule has 0 aliphatic rings. The van der Waals surface area contributed by atoms with E-state index in [0.717, 1.165) is 19.3 Å². The zero-order chi connectivity index (χ0) is 11.7. The second kappa shape index (κ2) is 8.11. The zero-order valence-electron chi connectivity index (χ0n) is 10.3. The molecule has 0 amide bonds. The summed E-state index contributed by atoms with van der Waals surface area (Å²) in [5, 5.41) is 0. The maximum Gasteiger partial charge on any atom is 0.214 e. The molecule has 0 rings (SSSR count). The molecule has 0 N–H and O–H groups in total. The van der Waals surface area contributed by atoms with Gasteiger partial charge in [-0.3, -0.25) is 0 Å². The Bertz CT molecular complexity index is 233. The Morgan fingerprint density at radius 3 is 1.87 bits per heavy atom. The molecule has 0 aromatic carbocycles. The van der Waals surface area contributed by atoms with Gasteiger partial charge < -0.3 is 0 Å². The fourth-order valence-corrected chi connectivity index (χ4v) is 3.25. The van der Waals surface area contributed by atoms with Crippen molar-refractivity contribution in [3.05, 3.63) is 0 Å². The van der Waals surface area contributed by atoms with Crippen molar-refractivity contribution >= 4 is 10.0 Å². The summed E-state index contributed by atoms with van der Waals surface area (Å²) in [4.78, 5) is 0. The van der Waals surface area contributed by atoms with E-state index in [-0.39, 0.29) is 0 Å². The summed E-state index contributed by atoms with van der Waals surface area (Å²) in [5.74, 6) is 0.318. The first-order valence-electron chi connectivity index (χ1n) is 6.06. The average molecular weight is 235 g/mol. The maximum atomic E-state index is 11.8. The minimum Gasteiger partial charge on any atom is -0.212 e. The van der Waals surface area contributed by atoms with Crippen LogP contribution in [0.4, 0.5) is 0 Å². The summed E-state index contributed by atoms with van der Waals surface area (Å²) in [6, 6.07) is 0. The Labute approximate surface area is 94.9 Å². The minimum absolute atomic E-state index is 0.318. The Morgan fingerprint density at radius 1 is 0.867 bits per heavy atom. The molecule has 0 aliphatic heterocycles. The van der Waals surface area contributed by atoms with Crippen LogP contribution in [0.2, 0.25) is 0 Å². The van der Waals surface area contributed by atoms with Crippen molar-refractivity contribution in [2.24, 2.45) is 0 Å². The van der Waals surface area contributed by atoms with E-state index >= 15 is 0 Å². The number of unbranched alkanes of at least 4 members (excludes halogenated alkanes) is 4. The van der Waals surface area contributed by atoms with E-state index in [1.807, 2.05) is 13.8 Å². The summed E-state index contributed by atoms with van der Waals surface area (Å²) >= 11 is 0. The molecule has 0 aromatic rings. The normalized spacial score (nSPS) is 12.3. The second-order valence-corrected chi connectivity index (χ2v) is 5.90. The fourth-order valence-electron chi connectivity index (χ4n) is 1.63. The summed E-state index contributed by atoms with van der Waals surface area (Å²) in [6.07, 6.45) is 5.41. The van der Waals surface area contributed by atoms with Crippen LogP contribution in [0.1, 0.15) is 52.9 Å². The highest BCUT2D eigenvalue weighted by Crippen LogP contribution is 2.07. The third-order valence-electron chi connectivity index (χ3n) is 2.60. The lowest BCUT2D eigenvalue weighted by Gasteiger charge is -2.18. The van der Waals surface area contributed by atoms with E-state index in [0.29, 0.717) is 18.8 Å². The van der Waals surface area contributed by atoms with Crippen LogP contribution in [0.5, 0.6) is 0 Å². The van der Waals surface area contributed by atoms with Crippen LogP contribution in [0.25, 0.3) is 0 Å². The van der Waals surface area contributed by atoms with Crippen molar-refractivity contribution in [3.8, 4) is 0 Å². The number of hydrogen-bond acceptors (Lipinski definition) is 2. The molecule has 0 aliphatic carbocycles. The summed E-state index contributed by atoms with van der Waals surface area (Å²) in [5.41, 5.74) is 0. The SMILES string of the molecule is CCCCCCCS(=O)(=O)N(CC)CC. The first kappa shape index (κ1) is 14.9. The van der Waals surface area contributed by atoms with E-state index in [4.69, 9.17) is 0 Å². The van der Waals surface area contributed by atoms with Gasteiger partial charge in [-0.2, -0.15) is 0 Å². The van der Waals surface area contributed by atoms with Gasteiger partial charge in [0, 0.05) is 13.1 Å². The number of nitrogens with zero attached hydrogens (tertiary/aromatic N) is 1. The maximum absolute atomic E-state index is 11.8. The largest absolute Gasteiger partial charge is 0.214 e. The van der Waals surface area contributed by atoms with Gasteiger partial charge in [0.2, 0.25) is 10.0 Å². The van der Waals surface area contributed by atoms with Crippen molar-refractivity contribution < 1.29 is 8.42 Å². The smallest absolute Gasteiger partial charge is 0.212 e. The highest BCUT2D eigenvalue weighted by Gasteiger charge is 2.17. The predicted molar refractivity (Wildman–Crippen MR) is 65.5 cm³/mol. The van der Waals surface area contributed by atoms with Gasteiger partial charge in [-0.25, -0.2) is 12.7 Å². The highest BCUT2D eigenvalue weighted by molar-refractivity contribution is 7.89. The molecule has 0 atom stereocenters. The van der Waals surface area contributed by atoms with Crippen LogP contribution in [0.3, 0.4) is 0 Å². The molecule has 0 saturated heterocycles. The summed E-state index contributed by atoms with van der Waals surface area (Å²) < 4.78 is 25.1. The van der Waals surface area contributed by atoms with Crippen LogP contribution in [-0.4, -0.2) is 31.6 Å². The first-order valence-corrected chi connectivity index (χ1v) is 7.67.